The van der Waals surface area contributed by atoms with Crippen molar-refractivity contribution in [1.29, 1.82) is 0 Å². The van der Waals surface area contributed by atoms with Gasteiger partial charge < -0.3 is 10.6 Å². The summed E-state index contributed by atoms with van der Waals surface area (Å²) in [6.45, 7) is 7.72. The molecule has 2 rings (SSSR count). The molecule has 0 aliphatic carbocycles. The Balaban J connectivity index is 2.36. The van der Waals surface area contributed by atoms with Crippen LogP contribution in [-0.2, 0) is 6.42 Å². The smallest absolute Gasteiger partial charge is 0.0642 e. The second-order valence-corrected chi connectivity index (χ2v) is 6.18. The Morgan fingerprint density at radius 3 is 2.72 bits per heavy atom. The van der Waals surface area contributed by atoms with Gasteiger partial charge in [-0.05, 0) is 44.2 Å². The van der Waals surface area contributed by atoms with E-state index in [0.717, 1.165) is 23.9 Å². The van der Waals surface area contributed by atoms with Crippen LogP contribution in [0.25, 0.3) is 0 Å². The van der Waals surface area contributed by atoms with Gasteiger partial charge >= 0.3 is 0 Å². The summed E-state index contributed by atoms with van der Waals surface area (Å²) < 4.78 is 0. The van der Waals surface area contributed by atoms with E-state index in [-0.39, 0.29) is 6.04 Å². The average molecular weight is 267 g/mol. The van der Waals surface area contributed by atoms with E-state index >= 15 is 0 Å². The fourth-order valence-electron chi connectivity index (χ4n) is 3.00. The average Bonchev–Trinajstić information content (AvgIpc) is 2.57. The third-order valence-electron chi connectivity index (χ3n) is 3.68. The van der Waals surface area contributed by atoms with Crippen molar-refractivity contribution in [2.75, 3.05) is 11.4 Å². The first-order valence-electron chi connectivity index (χ1n) is 6.78. The maximum atomic E-state index is 6.42. The second-order valence-electron chi connectivity index (χ2n) is 5.77. The maximum Gasteiger partial charge on any atom is 0.0642 e. The van der Waals surface area contributed by atoms with Crippen molar-refractivity contribution >= 4 is 17.3 Å². The van der Waals surface area contributed by atoms with Crippen molar-refractivity contribution in [2.24, 2.45) is 11.7 Å². The van der Waals surface area contributed by atoms with E-state index in [1.807, 2.05) is 19.1 Å². The lowest BCUT2D eigenvalue weighted by molar-refractivity contribution is 0.625. The normalized spacial score (nSPS) is 25.5. The third kappa shape index (κ3) is 2.81. The van der Waals surface area contributed by atoms with E-state index in [1.165, 1.54) is 17.7 Å². The van der Waals surface area contributed by atoms with Crippen molar-refractivity contribution in [3.05, 3.63) is 28.8 Å². The topological polar surface area (TPSA) is 29.3 Å². The van der Waals surface area contributed by atoms with Gasteiger partial charge in [-0.3, -0.25) is 0 Å². The van der Waals surface area contributed by atoms with E-state index in [0.29, 0.717) is 6.04 Å². The number of benzene rings is 1. The number of nitrogens with zero attached hydrogens (tertiary/aromatic N) is 1. The van der Waals surface area contributed by atoms with Gasteiger partial charge in [0.1, 0.15) is 0 Å². The Bertz CT molecular complexity index is 417. The molecule has 0 saturated carbocycles. The Morgan fingerprint density at radius 2 is 2.17 bits per heavy atom. The molecule has 100 valence electrons. The van der Waals surface area contributed by atoms with Crippen LogP contribution < -0.4 is 10.6 Å². The summed E-state index contributed by atoms with van der Waals surface area (Å²) >= 11 is 6.42. The van der Waals surface area contributed by atoms with Gasteiger partial charge in [-0.1, -0.05) is 30.7 Å². The van der Waals surface area contributed by atoms with Gasteiger partial charge in [0.05, 0.1) is 10.7 Å². The minimum Gasteiger partial charge on any atom is -0.367 e. The van der Waals surface area contributed by atoms with Gasteiger partial charge in [0.25, 0.3) is 0 Å². The fourth-order valence-corrected chi connectivity index (χ4v) is 3.31. The lowest BCUT2D eigenvalue weighted by atomic mass is 10.0. The lowest BCUT2D eigenvalue weighted by Crippen LogP contribution is -2.29. The number of hydrogen-bond donors (Lipinski definition) is 1. The zero-order valence-corrected chi connectivity index (χ0v) is 12.2. The van der Waals surface area contributed by atoms with Crippen LogP contribution >= 0.6 is 11.6 Å². The van der Waals surface area contributed by atoms with Crippen LogP contribution in [0.1, 0.15) is 32.8 Å². The highest BCUT2D eigenvalue weighted by atomic mass is 35.5. The summed E-state index contributed by atoms with van der Waals surface area (Å²) in [7, 11) is 0. The zero-order chi connectivity index (χ0) is 13.3. The number of nitrogens with two attached hydrogens (primary N) is 1. The Morgan fingerprint density at radius 1 is 1.44 bits per heavy atom. The minimum absolute atomic E-state index is 0.164. The quantitative estimate of drug-likeness (QED) is 0.908. The van der Waals surface area contributed by atoms with Crippen LogP contribution in [0.4, 0.5) is 5.69 Å². The molecule has 1 aliphatic heterocycles. The first kappa shape index (κ1) is 13.7. The summed E-state index contributed by atoms with van der Waals surface area (Å²) in [4.78, 5) is 2.45. The SMILES string of the molecule is CC(N)Cc1cccc(Cl)c1N1CC(C)CC1C. The predicted molar refractivity (Wildman–Crippen MR) is 79.4 cm³/mol. The van der Waals surface area contributed by atoms with E-state index in [1.54, 1.807) is 0 Å². The number of anilines is 1. The molecule has 0 bridgehead atoms. The molecular weight excluding hydrogens is 244 g/mol. The molecule has 1 aliphatic rings. The third-order valence-corrected chi connectivity index (χ3v) is 3.99. The molecule has 2 nitrogen and oxygen atoms in total. The highest BCUT2D eigenvalue weighted by Crippen LogP contribution is 2.36. The summed E-state index contributed by atoms with van der Waals surface area (Å²) in [6.07, 6.45) is 2.12. The lowest BCUT2D eigenvalue weighted by Gasteiger charge is -2.28. The molecule has 1 saturated heterocycles. The van der Waals surface area contributed by atoms with Crippen molar-refractivity contribution in [3.63, 3.8) is 0 Å². The van der Waals surface area contributed by atoms with Crippen LogP contribution in [0.5, 0.6) is 0 Å². The molecule has 0 amide bonds. The van der Waals surface area contributed by atoms with Gasteiger partial charge in [0, 0.05) is 18.6 Å². The van der Waals surface area contributed by atoms with Crippen molar-refractivity contribution in [1.82, 2.24) is 0 Å². The fraction of sp³-hybridized carbons (Fsp3) is 0.600. The highest BCUT2D eigenvalue weighted by Gasteiger charge is 2.29. The standard InChI is InChI=1S/C15H23ClN2/c1-10-7-12(3)18(9-10)15-13(8-11(2)17)5-4-6-14(15)16/h4-6,10-12H,7-9,17H2,1-3H3. The number of para-hydroxylation sites is 1. The molecule has 3 atom stereocenters. The van der Waals surface area contributed by atoms with Gasteiger partial charge in [0.2, 0.25) is 0 Å². The number of hydrogen-bond acceptors (Lipinski definition) is 2. The first-order chi connectivity index (χ1) is 8.49. The molecule has 2 N–H and O–H groups in total. The molecule has 1 aromatic carbocycles. The minimum atomic E-state index is 0.164. The van der Waals surface area contributed by atoms with E-state index < -0.39 is 0 Å². The first-order valence-corrected chi connectivity index (χ1v) is 7.16. The van der Waals surface area contributed by atoms with Crippen molar-refractivity contribution < 1.29 is 0 Å². The van der Waals surface area contributed by atoms with E-state index in [9.17, 15) is 0 Å². The molecular formula is C15H23ClN2. The predicted octanol–water partition coefficient (Wildman–Crippen LogP) is 3.46. The number of rotatable bonds is 3. The number of halogens is 1. The molecule has 18 heavy (non-hydrogen) atoms. The van der Waals surface area contributed by atoms with Crippen LogP contribution in [0.3, 0.4) is 0 Å². The van der Waals surface area contributed by atoms with Crippen LogP contribution in [0.15, 0.2) is 18.2 Å². The molecule has 0 spiro atoms. The molecule has 0 radical (unpaired) electrons. The largest absolute Gasteiger partial charge is 0.367 e. The second kappa shape index (κ2) is 5.50. The summed E-state index contributed by atoms with van der Waals surface area (Å²) in [6, 6.07) is 6.88. The van der Waals surface area contributed by atoms with Crippen LogP contribution in [0, 0.1) is 5.92 Å². The van der Waals surface area contributed by atoms with Crippen molar-refractivity contribution in [2.45, 2.75) is 45.7 Å². The van der Waals surface area contributed by atoms with E-state index in [2.05, 4.69) is 24.8 Å². The van der Waals surface area contributed by atoms with Crippen molar-refractivity contribution in [3.8, 4) is 0 Å². The Kier molecular flexibility index (Phi) is 4.18. The Labute approximate surface area is 115 Å². The van der Waals surface area contributed by atoms with Gasteiger partial charge in [-0.25, -0.2) is 0 Å². The van der Waals surface area contributed by atoms with Gasteiger partial charge in [-0.15, -0.1) is 0 Å². The monoisotopic (exact) mass is 266 g/mol. The highest BCUT2D eigenvalue weighted by molar-refractivity contribution is 6.33. The van der Waals surface area contributed by atoms with Gasteiger partial charge in [0.15, 0.2) is 0 Å². The van der Waals surface area contributed by atoms with E-state index in [4.69, 9.17) is 17.3 Å². The molecule has 1 heterocycles. The molecule has 3 unspecified atom stereocenters. The summed E-state index contributed by atoms with van der Waals surface area (Å²) in [5.74, 6) is 0.736. The zero-order valence-electron chi connectivity index (χ0n) is 11.5. The summed E-state index contributed by atoms with van der Waals surface area (Å²) in [5.41, 5.74) is 8.42. The Hall–Kier alpha value is -0.730. The molecule has 1 aromatic rings. The molecule has 1 fully saturated rings. The summed E-state index contributed by atoms with van der Waals surface area (Å²) in [5, 5.41) is 0.856. The maximum absolute atomic E-state index is 6.42. The van der Waals surface area contributed by atoms with Crippen LogP contribution in [-0.4, -0.2) is 18.6 Å². The van der Waals surface area contributed by atoms with Crippen LogP contribution in [0.2, 0.25) is 5.02 Å². The van der Waals surface area contributed by atoms with Gasteiger partial charge in [-0.2, -0.15) is 0 Å². The molecule has 3 heteroatoms. The molecule has 0 aromatic heterocycles.